The van der Waals surface area contributed by atoms with Gasteiger partial charge in [-0.15, -0.1) is 23.2 Å². The van der Waals surface area contributed by atoms with Crippen LogP contribution in [0.25, 0.3) is 0 Å². The molecule has 4 heteroatoms. The van der Waals surface area contributed by atoms with Crippen LogP contribution < -0.4 is 5.73 Å². The predicted molar refractivity (Wildman–Crippen MR) is 49.9 cm³/mol. The van der Waals surface area contributed by atoms with E-state index in [1.807, 2.05) is 0 Å². The van der Waals surface area contributed by atoms with Crippen LogP contribution in [0, 0.1) is 0 Å². The van der Waals surface area contributed by atoms with Gasteiger partial charge in [0.1, 0.15) is 0 Å². The van der Waals surface area contributed by atoms with Crippen LogP contribution in [-0.4, -0.2) is 11.7 Å². The third kappa shape index (κ3) is 25.5. The maximum absolute atomic E-state index is 8.58. The van der Waals surface area contributed by atoms with Crippen molar-refractivity contribution in [1.82, 2.24) is 0 Å². The number of hydrogen-bond acceptors (Lipinski definition) is 1. The highest BCUT2D eigenvalue weighted by Gasteiger charge is 1.95. The van der Waals surface area contributed by atoms with Gasteiger partial charge in [-0.3, -0.25) is 4.79 Å². The van der Waals surface area contributed by atoms with Crippen molar-refractivity contribution in [3.05, 3.63) is 0 Å². The number of halogens is 2. The summed E-state index contributed by atoms with van der Waals surface area (Å²) in [4.78, 5) is 8.58. The van der Waals surface area contributed by atoms with E-state index in [1.165, 1.54) is 32.1 Å². The van der Waals surface area contributed by atoms with Gasteiger partial charge in [0.2, 0.25) is 6.41 Å². The van der Waals surface area contributed by atoms with Crippen molar-refractivity contribution >= 4 is 29.6 Å². The van der Waals surface area contributed by atoms with E-state index in [1.54, 1.807) is 0 Å². The summed E-state index contributed by atoms with van der Waals surface area (Å²) < 4.78 is 0. The van der Waals surface area contributed by atoms with Gasteiger partial charge in [0.25, 0.3) is 0 Å². The minimum atomic E-state index is 0.194. The Morgan fingerprint density at radius 1 is 1.09 bits per heavy atom. The van der Waals surface area contributed by atoms with Gasteiger partial charge in [0, 0.05) is 0 Å². The van der Waals surface area contributed by atoms with Gasteiger partial charge in [0.05, 0.1) is 5.34 Å². The van der Waals surface area contributed by atoms with E-state index in [0.717, 1.165) is 0 Å². The van der Waals surface area contributed by atoms with Gasteiger partial charge in [-0.05, 0) is 0 Å². The molecule has 0 radical (unpaired) electrons. The van der Waals surface area contributed by atoms with Crippen molar-refractivity contribution in [1.29, 1.82) is 0 Å². The minimum absolute atomic E-state index is 0.194. The van der Waals surface area contributed by atoms with Crippen LogP contribution in [0.1, 0.15) is 32.1 Å². The van der Waals surface area contributed by atoms with Gasteiger partial charge < -0.3 is 5.73 Å². The van der Waals surface area contributed by atoms with Crippen LogP contribution in [0.3, 0.4) is 0 Å². The van der Waals surface area contributed by atoms with Gasteiger partial charge in [-0.25, -0.2) is 0 Å². The first-order chi connectivity index (χ1) is 5.33. The van der Waals surface area contributed by atoms with E-state index >= 15 is 0 Å². The summed E-state index contributed by atoms with van der Waals surface area (Å²) >= 11 is 9.53. The zero-order valence-corrected chi connectivity index (χ0v) is 8.07. The maximum Gasteiger partial charge on any atom is 0.204 e. The summed E-state index contributed by atoms with van der Waals surface area (Å²) in [7, 11) is 0. The summed E-state index contributed by atoms with van der Waals surface area (Å²) in [5, 5.41) is 0.194. The normalized spacial score (nSPS) is 13.6. The average molecular weight is 200 g/mol. The number of primary amides is 1. The largest absolute Gasteiger partial charge is 0.372 e. The van der Waals surface area contributed by atoms with Crippen molar-refractivity contribution in [3.8, 4) is 0 Å². The zero-order chi connectivity index (χ0) is 8.95. The Kier molecular flexibility index (Phi) is 20.5. The molecule has 2 nitrogen and oxygen atoms in total. The zero-order valence-electron chi connectivity index (χ0n) is 6.56. The number of carbonyl (C=O) groups is 1. The Morgan fingerprint density at radius 3 is 1.27 bits per heavy atom. The van der Waals surface area contributed by atoms with E-state index in [9.17, 15) is 0 Å². The number of amides is 1. The molecule has 68 valence electrons. The molecule has 0 aliphatic heterocycles. The molecule has 11 heavy (non-hydrogen) atoms. The molecule has 0 saturated heterocycles. The Labute approximate surface area is 78.0 Å². The smallest absolute Gasteiger partial charge is 0.204 e. The molecule has 0 unspecified atom stereocenters. The standard InChI is InChI=1S/C5H10.CH2Cl2.CH3NO/c1-2-4-5-3-1;2*2-1-3/h1-5H2;1H2;1H,(H2,2,3). The second-order valence-corrected chi connectivity index (χ2v) is 2.81. The SMILES string of the molecule is C1CCCC1.ClCCl.NC=O. The highest BCUT2D eigenvalue weighted by molar-refractivity contribution is 6.40. The monoisotopic (exact) mass is 199 g/mol. The summed E-state index contributed by atoms with van der Waals surface area (Å²) in [6.45, 7) is 0. The molecular formula is C7H15Cl2NO. The second-order valence-electron chi connectivity index (χ2n) is 2.00. The van der Waals surface area contributed by atoms with Crippen LogP contribution >= 0.6 is 23.2 Å². The molecule has 1 rings (SSSR count). The molecule has 0 atom stereocenters. The fourth-order valence-corrected chi connectivity index (χ4v) is 0.884. The Balaban J connectivity index is 0. The van der Waals surface area contributed by atoms with Crippen molar-refractivity contribution in [3.63, 3.8) is 0 Å². The number of carbonyl (C=O) groups excluding carboxylic acids is 1. The van der Waals surface area contributed by atoms with Crippen molar-refractivity contribution in [2.75, 3.05) is 5.34 Å². The first-order valence-electron chi connectivity index (χ1n) is 3.60. The Morgan fingerprint density at radius 2 is 1.18 bits per heavy atom. The molecule has 0 aromatic rings. The van der Waals surface area contributed by atoms with Gasteiger partial charge in [0.15, 0.2) is 0 Å². The summed E-state index contributed by atoms with van der Waals surface area (Å²) in [6.07, 6.45) is 7.75. The van der Waals surface area contributed by atoms with Crippen LogP contribution in [0.4, 0.5) is 0 Å². The quantitative estimate of drug-likeness (QED) is 0.473. The Bertz CT molecular complexity index is 59.9. The van der Waals surface area contributed by atoms with Crippen molar-refractivity contribution in [2.24, 2.45) is 5.73 Å². The number of nitrogens with two attached hydrogens (primary N) is 1. The molecule has 0 aromatic carbocycles. The minimum Gasteiger partial charge on any atom is -0.372 e. The van der Waals surface area contributed by atoms with E-state index in [0.29, 0.717) is 0 Å². The first-order valence-corrected chi connectivity index (χ1v) is 4.67. The molecule has 0 bridgehead atoms. The summed E-state index contributed by atoms with van der Waals surface area (Å²) in [5.41, 5.74) is 4.17. The lowest BCUT2D eigenvalue weighted by atomic mass is 10.4. The van der Waals surface area contributed by atoms with Gasteiger partial charge >= 0.3 is 0 Å². The average Bonchev–Trinajstić information content (AvgIpc) is 2.44. The number of hydrogen-bond donors (Lipinski definition) is 1. The number of alkyl halides is 2. The lowest BCUT2D eigenvalue weighted by Gasteiger charge is -1.67. The molecule has 2 N–H and O–H groups in total. The number of rotatable bonds is 0. The fourth-order valence-electron chi connectivity index (χ4n) is 0.884. The molecule has 1 fully saturated rings. The topological polar surface area (TPSA) is 43.1 Å². The van der Waals surface area contributed by atoms with Crippen molar-refractivity contribution < 1.29 is 4.79 Å². The van der Waals surface area contributed by atoms with E-state index in [2.05, 4.69) is 5.73 Å². The molecule has 0 heterocycles. The third-order valence-electron chi connectivity index (χ3n) is 1.25. The molecule has 1 aliphatic carbocycles. The van der Waals surface area contributed by atoms with Gasteiger partial charge in [-0.1, -0.05) is 32.1 Å². The van der Waals surface area contributed by atoms with E-state index in [-0.39, 0.29) is 11.7 Å². The Hall–Kier alpha value is 0.0500. The van der Waals surface area contributed by atoms with E-state index < -0.39 is 0 Å². The molecule has 1 aliphatic rings. The van der Waals surface area contributed by atoms with Crippen molar-refractivity contribution in [2.45, 2.75) is 32.1 Å². The van der Waals surface area contributed by atoms with Crippen LogP contribution in [-0.2, 0) is 4.79 Å². The lowest BCUT2D eigenvalue weighted by molar-refractivity contribution is -0.106. The molecule has 1 saturated carbocycles. The summed E-state index contributed by atoms with van der Waals surface area (Å²) in [6, 6.07) is 0. The van der Waals surface area contributed by atoms with E-state index in [4.69, 9.17) is 28.0 Å². The van der Waals surface area contributed by atoms with Crippen LogP contribution in [0.2, 0.25) is 0 Å². The maximum atomic E-state index is 8.58. The second kappa shape index (κ2) is 16.6. The third-order valence-corrected chi connectivity index (χ3v) is 1.25. The highest BCUT2D eigenvalue weighted by atomic mass is 35.5. The lowest BCUT2D eigenvalue weighted by Crippen LogP contribution is -1.82. The molecule has 1 amide bonds. The van der Waals surface area contributed by atoms with Crippen LogP contribution in [0.5, 0.6) is 0 Å². The molecule has 0 aromatic heterocycles. The van der Waals surface area contributed by atoms with Crippen LogP contribution in [0.15, 0.2) is 0 Å². The molecular weight excluding hydrogens is 185 g/mol. The fraction of sp³-hybridized carbons (Fsp3) is 0.857. The van der Waals surface area contributed by atoms with Gasteiger partial charge in [-0.2, -0.15) is 0 Å². The predicted octanol–water partition coefficient (Wildman–Crippen LogP) is 2.47. The summed E-state index contributed by atoms with van der Waals surface area (Å²) in [5.74, 6) is 0. The highest BCUT2D eigenvalue weighted by Crippen LogP contribution is 2.15. The molecule has 0 spiro atoms. The first kappa shape index (κ1) is 13.6.